The molecule has 29 heavy (non-hydrogen) atoms. The minimum atomic E-state index is -3.65. The Hall–Kier alpha value is -2.10. The second-order valence-electron chi connectivity index (χ2n) is 6.73. The molecule has 0 aliphatic carbocycles. The Balaban J connectivity index is 1.55. The first-order valence-electron chi connectivity index (χ1n) is 9.48. The fourth-order valence-electron chi connectivity index (χ4n) is 3.33. The summed E-state index contributed by atoms with van der Waals surface area (Å²) in [5.74, 6) is 0.933. The molecule has 0 saturated carbocycles. The van der Waals surface area contributed by atoms with Crippen molar-refractivity contribution < 1.29 is 22.7 Å². The third-order valence-corrected chi connectivity index (χ3v) is 7.81. The van der Waals surface area contributed by atoms with Crippen LogP contribution in [0.4, 0.5) is 0 Å². The number of hydrogen-bond acceptors (Lipinski definition) is 6. The molecular formula is C20H26N2O5S2. The van der Waals surface area contributed by atoms with Gasteiger partial charge in [0.25, 0.3) is 0 Å². The molecule has 1 fully saturated rings. The Morgan fingerprint density at radius 1 is 1.07 bits per heavy atom. The predicted molar refractivity (Wildman–Crippen MR) is 112 cm³/mol. The van der Waals surface area contributed by atoms with E-state index >= 15 is 0 Å². The summed E-state index contributed by atoms with van der Waals surface area (Å²) in [6.07, 6.45) is 2.20. The van der Waals surface area contributed by atoms with Gasteiger partial charge in [-0.2, -0.15) is 4.31 Å². The summed E-state index contributed by atoms with van der Waals surface area (Å²) in [5, 5.41) is 2.04. The molecule has 0 atom stereocenters. The first kappa shape index (κ1) is 21.6. The maximum absolute atomic E-state index is 13.0. The van der Waals surface area contributed by atoms with E-state index in [0.717, 1.165) is 12.8 Å². The molecule has 1 amide bonds. The molecule has 0 N–H and O–H groups in total. The molecule has 158 valence electrons. The van der Waals surface area contributed by atoms with Crippen molar-refractivity contribution in [3.63, 3.8) is 0 Å². The number of methoxy groups -OCH3 is 2. The van der Waals surface area contributed by atoms with Crippen LogP contribution in [0.5, 0.6) is 11.5 Å². The van der Waals surface area contributed by atoms with E-state index in [9.17, 15) is 13.2 Å². The lowest BCUT2D eigenvalue weighted by molar-refractivity contribution is -0.132. The number of nitrogens with zero attached hydrogens (tertiary/aromatic N) is 2. The first-order valence-corrected chi connectivity index (χ1v) is 11.8. The smallest absolute Gasteiger partial charge is 0.243 e. The minimum absolute atomic E-state index is 0.0877. The molecule has 1 aliphatic rings. The summed E-state index contributed by atoms with van der Waals surface area (Å²) in [6, 6.07) is 8.65. The van der Waals surface area contributed by atoms with Crippen molar-refractivity contribution in [1.29, 1.82) is 0 Å². The van der Waals surface area contributed by atoms with E-state index < -0.39 is 10.0 Å². The molecule has 1 aromatic heterocycles. The Kier molecular flexibility index (Phi) is 7.15. The number of rotatable bonds is 8. The van der Waals surface area contributed by atoms with E-state index in [4.69, 9.17) is 9.47 Å². The van der Waals surface area contributed by atoms with E-state index in [0.29, 0.717) is 31.0 Å². The number of amides is 1. The molecule has 7 nitrogen and oxygen atoms in total. The SMILES string of the molecule is COc1ccc(S(=O)(=O)N2CCN(C(=O)CCCc3cccs3)CC2)cc1OC. The van der Waals surface area contributed by atoms with Crippen molar-refractivity contribution in [3.05, 3.63) is 40.6 Å². The van der Waals surface area contributed by atoms with Gasteiger partial charge in [0.2, 0.25) is 15.9 Å². The van der Waals surface area contributed by atoms with E-state index in [1.165, 1.54) is 35.5 Å². The highest BCUT2D eigenvalue weighted by Crippen LogP contribution is 2.31. The average Bonchev–Trinajstić information content (AvgIpc) is 3.26. The van der Waals surface area contributed by atoms with Crippen LogP contribution < -0.4 is 9.47 Å². The van der Waals surface area contributed by atoms with Crippen molar-refractivity contribution in [2.45, 2.75) is 24.2 Å². The first-order chi connectivity index (χ1) is 14.0. The molecule has 1 aromatic carbocycles. The minimum Gasteiger partial charge on any atom is -0.493 e. The van der Waals surface area contributed by atoms with Gasteiger partial charge in [0.05, 0.1) is 19.1 Å². The fraction of sp³-hybridized carbons (Fsp3) is 0.450. The lowest BCUT2D eigenvalue weighted by Gasteiger charge is -2.34. The van der Waals surface area contributed by atoms with Gasteiger partial charge in [0, 0.05) is 43.5 Å². The second kappa shape index (κ2) is 9.60. The van der Waals surface area contributed by atoms with Crippen LogP contribution in [0.15, 0.2) is 40.6 Å². The molecular weight excluding hydrogens is 412 g/mol. The number of piperazine rings is 1. The lowest BCUT2D eigenvalue weighted by atomic mass is 10.2. The summed E-state index contributed by atoms with van der Waals surface area (Å²) in [4.78, 5) is 15.6. The van der Waals surface area contributed by atoms with Crippen LogP contribution in [-0.2, 0) is 21.2 Å². The van der Waals surface area contributed by atoms with Crippen molar-refractivity contribution in [3.8, 4) is 11.5 Å². The molecule has 9 heteroatoms. The second-order valence-corrected chi connectivity index (χ2v) is 9.70. The highest BCUT2D eigenvalue weighted by atomic mass is 32.2. The zero-order valence-corrected chi connectivity index (χ0v) is 18.3. The van der Waals surface area contributed by atoms with Gasteiger partial charge in [-0.05, 0) is 36.4 Å². The molecule has 1 saturated heterocycles. The van der Waals surface area contributed by atoms with Gasteiger partial charge in [-0.3, -0.25) is 4.79 Å². The Labute approximate surface area is 175 Å². The number of thiophene rings is 1. The number of ether oxygens (including phenoxy) is 2. The summed E-state index contributed by atoms with van der Waals surface area (Å²) >= 11 is 1.70. The van der Waals surface area contributed by atoms with Crippen LogP contribution >= 0.6 is 11.3 Å². The quantitative estimate of drug-likeness (QED) is 0.633. The monoisotopic (exact) mass is 438 g/mol. The van der Waals surface area contributed by atoms with Crippen LogP contribution in [0.25, 0.3) is 0 Å². The summed E-state index contributed by atoms with van der Waals surface area (Å²) in [7, 11) is -0.682. The summed E-state index contributed by atoms with van der Waals surface area (Å²) in [6.45, 7) is 1.38. The zero-order valence-electron chi connectivity index (χ0n) is 16.7. The molecule has 0 bridgehead atoms. The normalized spacial score (nSPS) is 15.3. The van der Waals surface area contributed by atoms with Crippen LogP contribution in [-0.4, -0.2) is 63.9 Å². The van der Waals surface area contributed by atoms with Crippen LogP contribution in [0.3, 0.4) is 0 Å². The van der Waals surface area contributed by atoms with Gasteiger partial charge in [0.1, 0.15) is 0 Å². The average molecular weight is 439 g/mol. The molecule has 2 aromatic rings. The van der Waals surface area contributed by atoms with E-state index in [-0.39, 0.29) is 23.9 Å². The maximum atomic E-state index is 13.0. The number of carbonyl (C=O) groups excluding carboxylic acids is 1. The van der Waals surface area contributed by atoms with E-state index in [1.54, 1.807) is 22.3 Å². The molecule has 0 unspecified atom stereocenters. The van der Waals surface area contributed by atoms with Gasteiger partial charge >= 0.3 is 0 Å². The van der Waals surface area contributed by atoms with Crippen LogP contribution in [0.2, 0.25) is 0 Å². The molecule has 1 aliphatic heterocycles. The third kappa shape index (κ3) is 5.09. The number of sulfonamides is 1. The van der Waals surface area contributed by atoms with Crippen molar-refractivity contribution in [2.75, 3.05) is 40.4 Å². The van der Waals surface area contributed by atoms with Gasteiger partial charge in [-0.1, -0.05) is 6.07 Å². The van der Waals surface area contributed by atoms with E-state index in [2.05, 4.69) is 6.07 Å². The molecule has 3 rings (SSSR count). The highest BCUT2D eigenvalue weighted by Gasteiger charge is 2.30. The van der Waals surface area contributed by atoms with Gasteiger partial charge in [-0.25, -0.2) is 8.42 Å². The van der Waals surface area contributed by atoms with Crippen molar-refractivity contribution in [1.82, 2.24) is 9.21 Å². The number of hydrogen-bond donors (Lipinski definition) is 0. The van der Waals surface area contributed by atoms with E-state index in [1.807, 2.05) is 11.4 Å². The third-order valence-electron chi connectivity index (χ3n) is 4.98. The fourth-order valence-corrected chi connectivity index (χ4v) is 5.52. The molecule has 0 spiro atoms. The Bertz CT molecular complexity index is 920. The van der Waals surface area contributed by atoms with Crippen molar-refractivity contribution in [2.24, 2.45) is 0 Å². The Morgan fingerprint density at radius 2 is 1.79 bits per heavy atom. The Morgan fingerprint density at radius 3 is 2.41 bits per heavy atom. The molecule has 2 heterocycles. The number of benzene rings is 1. The van der Waals surface area contributed by atoms with Crippen LogP contribution in [0.1, 0.15) is 17.7 Å². The summed E-state index contributed by atoms with van der Waals surface area (Å²) < 4.78 is 37.7. The van der Waals surface area contributed by atoms with Gasteiger partial charge < -0.3 is 14.4 Å². The van der Waals surface area contributed by atoms with Gasteiger partial charge in [0.15, 0.2) is 11.5 Å². The standard InChI is InChI=1S/C20H26N2O5S2/c1-26-18-9-8-17(15-19(18)27-2)29(24,25)22-12-10-21(11-13-22)20(23)7-3-5-16-6-4-14-28-16/h4,6,8-9,14-15H,3,5,7,10-13H2,1-2H3. The number of aryl methyl sites for hydroxylation is 1. The largest absolute Gasteiger partial charge is 0.493 e. The maximum Gasteiger partial charge on any atom is 0.243 e. The molecule has 0 radical (unpaired) electrons. The predicted octanol–water partition coefficient (Wildman–Crippen LogP) is 2.62. The van der Waals surface area contributed by atoms with Gasteiger partial charge in [-0.15, -0.1) is 11.3 Å². The van der Waals surface area contributed by atoms with Crippen molar-refractivity contribution >= 4 is 27.3 Å². The highest BCUT2D eigenvalue weighted by molar-refractivity contribution is 7.89. The number of carbonyl (C=O) groups is 1. The lowest BCUT2D eigenvalue weighted by Crippen LogP contribution is -2.50. The zero-order chi connectivity index (χ0) is 20.9. The van der Waals surface area contributed by atoms with Crippen LogP contribution in [0, 0.1) is 0 Å². The topological polar surface area (TPSA) is 76.2 Å². The summed E-state index contributed by atoms with van der Waals surface area (Å²) in [5.41, 5.74) is 0.